The van der Waals surface area contributed by atoms with Gasteiger partial charge in [0.2, 0.25) is 0 Å². The summed E-state index contributed by atoms with van der Waals surface area (Å²) in [6, 6.07) is 12.0. The van der Waals surface area contributed by atoms with Crippen LogP contribution in [0.15, 0.2) is 57.7 Å². The van der Waals surface area contributed by atoms with E-state index in [-0.39, 0.29) is 0 Å². The molecule has 1 aromatic carbocycles. The molecule has 0 amide bonds. The number of furan rings is 1. The van der Waals surface area contributed by atoms with Gasteiger partial charge in [0.05, 0.1) is 10.7 Å². The molecular formula is C14H11BrN2O. The molecule has 3 aromatic rings. The van der Waals surface area contributed by atoms with Crippen molar-refractivity contribution in [1.29, 1.82) is 0 Å². The van der Waals surface area contributed by atoms with Gasteiger partial charge < -0.3 is 4.42 Å². The van der Waals surface area contributed by atoms with Gasteiger partial charge in [0.25, 0.3) is 0 Å². The summed E-state index contributed by atoms with van der Waals surface area (Å²) in [4.78, 5) is 0. The van der Waals surface area contributed by atoms with Gasteiger partial charge in [-0.15, -0.1) is 0 Å². The number of aromatic nitrogens is 2. The summed E-state index contributed by atoms with van der Waals surface area (Å²) in [5.74, 6) is 0.865. The van der Waals surface area contributed by atoms with Crippen molar-refractivity contribution in [3.63, 3.8) is 0 Å². The normalized spacial score (nSPS) is 10.8. The van der Waals surface area contributed by atoms with E-state index in [2.05, 4.69) is 27.1 Å². The Balaban J connectivity index is 2.09. The Labute approximate surface area is 113 Å². The van der Waals surface area contributed by atoms with E-state index in [1.165, 1.54) is 0 Å². The average molecular weight is 303 g/mol. The predicted molar refractivity (Wildman–Crippen MR) is 74.0 cm³/mol. The summed E-state index contributed by atoms with van der Waals surface area (Å²) in [5.41, 5.74) is 3.05. The van der Waals surface area contributed by atoms with E-state index in [0.717, 1.165) is 27.1 Å². The molecule has 2 aromatic heterocycles. The quantitative estimate of drug-likeness (QED) is 0.713. The number of hydrogen-bond donors (Lipinski definition) is 0. The number of rotatable bonds is 2. The zero-order chi connectivity index (χ0) is 12.5. The smallest absolute Gasteiger partial charge is 0.133 e. The van der Waals surface area contributed by atoms with E-state index < -0.39 is 0 Å². The number of hydrogen-bond acceptors (Lipinski definition) is 2. The fourth-order valence-electron chi connectivity index (χ4n) is 1.92. The van der Waals surface area contributed by atoms with Crippen molar-refractivity contribution < 1.29 is 4.42 Å². The van der Waals surface area contributed by atoms with Crippen LogP contribution in [-0.2, 0) is 7.05 Å². The summed E-state index contributed by atoms with van der Waals surface area (Å²) in [6.07, 6.45) is 3.62. The first-order chi connectivity index (χ1) is 8.74. The molecule has 0 fully saturated rings. The van der Waals surface area contributed by atoms with Gasteiger partial charge in [-0.2, -0.15) is 5.10 Å². The van der Waals surface area contributed by atoms with Crippen LogP contribution in [0.1, 0.15) is 0 Å². The van der Waals surface area contributed by atoms with Gasteiger partial charge >= 0.3 is 0 Å². The van der Waals surface area contributed by atoms with Gasteiger partial charge in [0, 0.05) is 24.4 Å². The number of benzene rings is 1. The molecule has 0 spiro atoms. The molecule has 2 heterocycles. The molecule has 3 rings (SSSR count). The molecular weight excluding hydrogens is 292 g/mol. The third-order valence-electron chi connectivity index (χ3n) is 2.73. The molecule has 0 aliphatic rings. The highest BCUT2D eigenvalue weighted by molar-refractivity contribution is 9.10. The van der Waals surface area contributed by atoms with E-state index in [4.69, 9.17) is 4.42 Å². The fourth-order valence-corrected chi connectivity index (χ4v) is 2.52. The lowest BCUT2D eigenvalue weighted by atomic mass is 10.1. The van der Waals surface area contributed by atoms with Crippen LogP contribution in [0.5, 0.6) is 0 Å². The summed E-state index contributed by atoms with van der Waals surface area (Å²) in [5, 5.41) is 4.44. The van der Waals surface area contributed by atoms with Crippen molar-refractivity contribution in [1.82, 2.24) is 9.78 Å². The van der Waals surface area contributed by atoms with Crippen LogP contribution >= 0.6 is 15.9 Å². The third-order valence-corrected chi connectivity index (χ3v) is 3.31. The van der Waals surface area contributed by atoms with Crippen LogP contribution in [0.25, 0.3) is 22.6 Å². The summed E-state index contributed by atoms with van der Waals surface area (Å²) >= 11 is 3.52. The summed E-state index contributed by atoms with van der Waals surface area (Å²) in [7, 11) is 1.91. The van der Waals surface area contributed by atoms with E-state index in [9.17, 15) is 0 Å². The Kier molecular flexibility index (Phi) is 2.80. The average Bonchev–Trinajstić information content (AvgIpc) is 2.99. The molecule has 0 bridgehead atoms. The van der Waals surface area contributed by atoms with Crippen molar-refractivity contribution >= 4 is 15.9 Å². The zero-order valence-electron chi connectivity index (χ0n) is 9.80. The van der Waals surface area contributed by atoms with E-state index in [0.29, 0.717) is 0 Å². The minimum Gasteiger partial charge on any atom is -0.464 e. The first kappa shape index (κ1) is 11.3. The maximum atomic E-state index is 5.41. The van der Waals surface area contributed by atoms with E-state index in [1.807, 2.05) is 43.6 Å². The molecule has 18 heavy (non-hydrogen) atoms. The number of nitrogens with zero attached hydrogens (tertiary/aromatic N) is 2. The van der Waals surface area contributed by atoms with Crippen molar-refractivity contribution in [2.75, 3.05) is 0 Å². The van der Waals surface area contributed by atoms with Crippen LogP contribution in [-0.4, -0.2) is 9.78 Å². The van der Waals surface area contributed by atoms with Crippen molar-refractivity contribution in [2.24, 2.45) is 7.05 Å². The minimum absolute atomic E-state index is 0.865. The molecule has 0 atom stereocenters. The maximum Gasteiger partial charge on any atom is 0.133 e. The maximum absolute atomic E-state index is 5.41. The zero-order valence-corrected chi connectivity index (χ0v) is 11.4. The van der Waals surface area contributed by atoms with Crippen LogP contribution in [0.2, 0.25) is 0 Å². The van der Waals surface area contributed by atoms with Crippen LogP contribution in [0.3, 0.4) is 0 Å². The number of halogens is 1. The lowest BCUT2D eigenvalue weighted by Gasteiger charge is -2.01. The first-order valence-corrected chi connectivity index (χ1v) is 6.37. The van der Waals surface area contributed by atoms with Crippen LogP contribution < -0.4 is 0 Å². The second-order valence-electron chi connectivity index (χ2n) is 4.06. The Morgan fingerprint density at radius 3 is 2.67 bits per heavy atom. The molecule has 0 aliphatic carbocycles. The number of aryl methyl sites for hydroxylation is 1. The predicted octanol–water partition coefficient (Wildman–Crippen LogP) is 4.11. The molecule has 0 aliphatic heterocycles. The fraction of sp³-hybridized carbons (Fsp3) is 0.0714. The minimum atomic E-state index is 0.865. The summed E-state index contributed by atoms with van der Waals surface area (Å²) < 4.78 is 8.19. The Hall–Kier alpha value is -1.81. The highest BCUT2D eigenvalue weighted by Gasteiger charge is 2.09. The Morgan fingerprint density at radius 1 is 1.17 bits per heavy atom. The van der Waals surface area contributed by atoms with Gasteiger partial charge in [0.15, 0.2) is 0 Å². The lowest BCUT2D eigenvalue weighted by Crippen LogP contribution is -1.88. The molecule has 0 radical (unpaired) electrons. The summed E-state index contributed by atoms with van der Waals surface area (Å²) in [6.45, 7) is 0. The van der Waals surface area contributed by atoms with Gasteiger partial charge in [-0.25, -0.2) is 0 Å². The monoisotopic (exact) mass is 302 g/mol. The van der Waals surface area contributed by atoms with Crippen LogP contribution in [0, 0.1) is 0 Å². The Bertz CT molecular complexity index is 671. The SMILES string of the molecule is Cn1cc(Br)c(-c2cccc(-c3ccco3)c2)n1. The second kappa shape index (κ2) is 4.46. The van der Waals surface area contributed by atoms with E-state index in [1.54, 1.807) is 10.9 Å². The molecule has 0 N–H and O–H groups in total. The van der Waals surface area contributed by atoms with Gasteiger partial charge in [-0.05, 0) is 34.1 Å². The topological polar surface area (TPSA) is 31.0 Å². The molecule has 90 valence electrons. The van der Waals surface area contributed by atoms with Crippen molar-refractivity contribution in [3.8, 4) is 22.6 Å². The Morgan fingerprint density at radius 2 is 2.00 bits per heavy atom. The van der Waals surface area contributed by atoms with Gasteiger partial charge in [-0.3, -0.25) is 4.68 Å². The largest absolute Gasteiger partial charge is 0.464 e. The third kappa shape index (κ3) is 1.99. The van der Waals surface area contributed by atoms with Crippen molar-refractivity contribution in [3.05, 3.63) is 53.3 Å². The molecule has 0 saturated heterocycles. The van der Waals surface area contributed by atoms with E-state index >= 15 is 0 Å². The lowest BCUT2D eigenvalue weighted by molar-refractivity contribution is 0.582. The van der Waals surface area contributed by atoms with Crippen LogP contribution in [0.4, 0.5) is 0 Å². The second-order valence-corrected chi connectivity index (χ2v) is 4.91. The molecule has 0 saturated carbocycles. The highest BCUT2D eigenvalue weighted by atomic mass is 79.9. The molecule has 3 nitrogen and oxygen atoms in total. The molecule has 0 unspecified atom stereocenters. The standard InChI is InChI=1S/C14H11BrN2O/c1-17-9-12(15)14(16-17)11-5-2-4-10(8-11)13-6-3-7-18-13/h2-9H,1H3. The van der Waals surface area contributed by atoms with Gasteiger partial charge in [-0.1, -0.05) is 18.2 Å². The van der Waals surface area contributed by atoms with Gasteiger partial charge in [0.1, 0.15) is 11.5 Å². The first-order valence-electron chi connectivity index (χ1n) is 5.57. The molecule has 4 heteroatoms. The van der Waals surface area contributed by atoms with Crippen molar-refractivity contribution in [2.45, 2.75) is 0 Å². The highest BCUT2D eigenvalue weighted by Crippen LogP contribution is 2.30.